The second kappa shape index (κ2) is 8.06. The van der Waals surface area contributed by atoms with Crippen molar-refractivity contribution < 1.29 is 9.53 Å². The van der Waals surface area contributed by atoms with Gasteiger partial charge in [0.25, 0.3) is 0 Å². The van der Waals surface area contributed by atoms with Gasteiger partial charge < -0.3 is 20.0 Å². The Hall–Kier alpha value is -3.54. The molecule has 0 saturated heterocycles. The normalized spacial score (nSPS) is 12.6. The molecule has 1 unspecified atom stereocenters. The van der Waals surface area contributed by atoms with Crippen molar-refractivity contribution in [2.75, 3.05) is 0 Å². The van der Waals surface area contributed by atoms with E-state index in [0.29, 0.717) is 12.2 Å². The number of ether oxygens (including phenoxy) is 1. The maximum Gasteiger partial charge on any atom is 0.408 e. The van der Waals surface area contributed by atoms with Gasteiger partial charge in [0.1, 0.15) is 11.4 Å². The number of fused-ring (bicyclic) bond motifs is 1. The summed E-state index contributed by atoms with van der Waals surface area (Å²) < 4.78 is 5.49. The molecule has 1 atom stereocenters. The number of amides is 1. The first-order valence-corrected chi connectivity index (χ1v) is 10.0. The highest BCUT2D eigenvalue weighted by Crippen LogP contribution is 2.25. The Balaban J connectivity index is 1.63. The van der Waals surface area contributed by atoms with Gasteiger partial charge in [-0.25, -0.2) is 9.78 Å². The van der Waals surface area contributed by atoms with E-state index in [1.54, 1.807) is 6.20 Å². The zero-order valence-corrected chi connectivity index (χ0v) is 17.4. The monoisotopic (exact) mass is 402 g/mol. The second-order valence-corrected chi connectivity index (χ2v) is 8.31. The fourth-order valence-electron chi connectivity index (χ4n) is 3.46. The van der Waals surface area contributed by atoms with Crippen LogP contribution in [0.15, 0.2) is 67.0 Å². The van der Waals surface area contributed by atoms with Crippen LogP contribution in [-0.4, -0.2) is 26.6 Å². The van der Waals surface area contributed by atoms with E-state index in [4.69, 9.17) is 4.74 Å². The molecule has 2 aromatic heterocycles. The molecule has 0 saturated carbocycles. The van der Waals surface area contributed by atoms with E-state index in [1.165, 1.54) is 0 Å². The van der Waals surface area contributed by atoms with Crippen LogP contribution in [0, 0.1) is 0 Å². The number of aromatic amines is 2. The molecule has 0 fully saturated rings. The lowest BCUT2D eigenvalue weighted by Gasteiger charge is -2.23. The number of rotatable bonds is 5. The molecule has 2 aromatic carbocycles. The second-order valence-electron chi connectivity index (χ2n) is 8.31. The van der Waals surface area contributed by atoms with Crippen LogP contribution < -0.4 is 5.32 Å². The number of hydrogen-bond acceptors (Lipinski definition) is 3. The third-order valence-corrected chi connectivity index (χ3v) is 4.80. The summed E-state index contributed by atoms with van der Waals surface area (Å²) in [5, 5.41) is 4.12. The average Bonchev–Trinajstić information content (AvgIpc) is 3.35. The first-order valence-electron chi connectivity index (χ1n) is 10.0. The predicted octanol–water partition coefficient (Wildman–Crippen LogP) is 5.37. The van der Waals surface area contributed by atoms with Gasteiger partial charge in [-0.05, 0) is 38.0 Å². The summed E-state index contributed by atoms with van der Waals surface area (Å²) in [6.45, 7) is 5.55. The van der Waals surface area contributed by atoms with Crippen LogP contribution in [0.25, 0.3) is 22.2 Å². The number of carbonyl (C=O) groups excluding carboxylic acids is 1. The first-order chi connectivity index (χ1) is 14.4. The van der Waals surface area contributed by atoms with Crippen LogP contribution in [0.4, 0.5) is 4.79 Å². The fraction of sp³-hybridized carbons (Fsp3) is 0.250. The van der Waals surface area contributed by atoms with Crippen LogP contribution >= 0.6 is 0 Å². The molecular formula is C24H26N4O2. The SMILES string of the molecule is CC(C)(C)OC(=O)NC(Cc1c[nH]c2ccccc12)c1ncc(-c2ccccc2)[nH]1. The summed E-state index contributed by atoms with van der Waals surface area (Å²) in [5.41, 5.74) is 3.53. The van der Waals surface area contributed by atoms with Gasteiger partial charge in [0, 0.05) is 23.5 Å². The molecule has 6 heteroatoms. The van der Waals surface area contributed by atoms with Gasteiger partial charge in [0.2, 0.25) is 0 Å². The molecule has 0 aliphatic heterocycles. The maximum atomic E-state index is 12.5. The number of aromatic nitrogens is 3. The van der Waals surface area contributed by atoms with Crippen LogP contribution in [0.2, 0.25) is 0 Å². The van der Waals surface area contributed by atoms with Crippen LogP contribution in [0.1, 0.15) is 38.2 Å². The number of H-pyrrole nitrogens is 2. The lowest BCUT2D eigenvalue weighted by Crippen LogP contribution is -2.36. The summed E-state index contributed by atoms with van der Waals surface area (Å²) in [6, 6.07) is 17.7. The van der Waals surface area contributed by atoms with E-state index in [0.717, 1.165) is 27.7 Å². The summed E-state index contributed by atoms with van der Waals surface area (Å²) in [5.74, 6) is 0.685. The van der Waals surface area contributed by atoms with Gasteiger partial charge in [-0.15, -0.1) is 0 Å². The largest absolute Gasteiger partial charge is 0.444 e. The third kappa shape index (κ3) is 4.54. The molecule has 3 N–H and O–H groups in total. The summed E-state index contributed by atoms with van der Waals surface area (Å²) in [7, 11) is 0. The summed E-state index contributed by atoms with van der Waals surface area (Å²) in [6.07, 6.45) is 3.88. The van der Waals surface area contributed by atoms with Crippen LogP contribution in [0.5, 0.6) is 0 Å². The smallest absolute Gasteiger partial charge is 0.408 e. The van der Waals surface area contributed by atoms with Gasteiger partial charge in [0.15, 0.2) is 0 Å². The van der Waals surface area contributed by atoms with Crippen molar-refractivity contribution in [1.82, 2.24) is 20.3 Å². The van der Waals surface area contributed by atoms with Crippen molar-refractivity contribution in [1.29, 1.82) is 0 Å². The molecule has 2 heterocycles. The average molecular weight is 402 g/mol. The molecule has 4 aromatic rings. The lowest BCUT2D eigenvalue weighted by molar-refractivity contribution is 0.0501. The van der Waals surface area contributed by atoms with E-state index in [1.807, 2.05) is 75.5 Å². The zero-order chi connectivity index (χ0) is 21.1. The van der Waals surface area contributed by atoms with Gasteiger partial charge in [-0.3, -0.25) is 0 Å². The Labute approximate surface area is 175 Å². The fourth-order valence-corrected chi connectivity index (χ4v) is 3.46. The van der Waals surface area contributed by atoms with Gasteiger partial charge in [0.05, 0.1) is 17.9 Å². The summed E-state index contributed by atoms with van der Waals surface area (Å²) >= 11 is 0. The number of nitrogens with one attached hydrogen (secondary N) is 3. The van der Waals surface area contributed by atoms with Crippen molar-refractivity contribution in [3.63, 3.8) is 0 Å². The Bertz CT molecular complexity index is 1140. The number of para-hydroxylation sites is 1. The van der Waals surface area contributed by atoms with E-state index in [-0.39, 0.29) is 6.04 Å². The minimum atomic E-state index is -0.576. The highest BCUT2D eigenvalue weighted by molar-refractivity contribution is 5.83. The van der Waals surface area contributed by atoms with Crippen molar-refractivity contribution in [2.45, 2.75) is 38.8 Å². The highest BCUT2D eigenvalue weighted by Gasteiger charge is 2.24. The molecule has 0 aliphatic rings. The van der Waals surface area contributed by atoms with Crippen molar-refractivity contribution in [2.24, 2.45) is 0 Å². The van der Waals surface area contributed by atoms with E-state index < -0.39 is 11.7 Å². The Morgan fingerprint density at radius 3 is 2.60 bits per heavy atom. The van der Waals surface area contributed by atoms with Crippen molar-refractivity contribution in [3.8, 4) is 11.3 Å². The molecule has 0 spiro atoms. The first kappa shape index (κ1) is 19.8. The lowest BCUT2D eigenvalue weighted by atomic mass is 10.0. The van der Waals surface area contributed by atoms with Gasteiger partial charge >= 0.3 is 6.09 Å². The highest BCUT2D eigenvalue weighted by atomic mass is 16.6. The molecule has 0 bridgehead atoms. The Morgan fingerprint density at radius 1 is 1.10 bits per heavy atom. The molecule has 30 heavy (non-hydrogen) atoms. The molecule has 4 rings (SSSR count). The number of benzene rings is 2. The van der Waals surface area contributed by atoms with Crippen LogP contribution in [-0.2, 0) is 11.2 Å². The number of hydrogen-bond donors (Lipinski definition) is 3. The van der Waals surface area contributed by atoms with Crippen molar-refractivity contribution in [3.05, 3.63) is 78.4 Å². The molecule has 0 radical (unpaired) electrons. The molecule has 154 valence electrons. The molecule has 6 nitrogen and oxygen atoms in total. The third-order valence-electron chi connectivity index (χ3n) is 4.80. The molecular weight excluding hydrogens is 376 g/mol. The van der Waals surface area contributed by atoms with Gasteiger partial charge in [-0.1, -0.05) is 48.5 Å². The maximum absolute atomic E-state index is 12.5. The topological polar surface area (TPSA) is 82.8 Å². The number of alkyl carbamates (subject to hydrolysis) is 1. The number of nitrogens with zero attached hydrogens (tertiary/aromatic N) is 1. The quantitative estimate of drug-likeness (QED) is 0.420. The Morgan fingerprint density at radius 2 is 1.83 bits per heavy atom. The van der Waals surface area contributed by atoms with E-state index in [2.05, 4.69) is 26.3 Å². The Kier molecular flexibility index (Phi) is 5.31. The summed E-state index contributed by atoms with van der Waals surface area (Å²) in [4.78, 5) is 23.8. The van der Waals surface area contributed by atoms with E-state index in [9.17, 15) is 4.79 Å². The minimum Gasteiger partial charge on any atom is -0.444 e. The minimum absolute atomic E-state index is 0.364. The molecule has 1 amide bonds. The van der Waals surface area contributed by atoms with E-state index >= 15 is 0 Å². The van der Waals surface area contributed by atoms with Crippen molar-refractivity contribution >= 4 is 17.0 Å². The van der Waals surface area contributed by atoms with Gasteiger partial charge in [-0.2, -0.15) is 0 Å². The molecule has 0 aliphatic carbocycles. The van der Waals surface area contributed by atoms with Crippen LogP contribution in [0.3, 0.4) is 0 Å². The predicted molar refractivity (Wildman–Crippen MR) is 118 cm³/mol. The number of carbonyl (C=O) groups is 1. The number of imidazole rings is 1. The zero-order valence-electron chi connectivity index (χ0n) is 17.4. The standard InChI is InChI=1S/C24H26N4O2/c1-24(2,3)30-23(29)28-20(13-17-14-25-19-12-8-7-11-18(17)19)22-26-15-21(27-22)16-9-5-4-6-10-16/h4-12,14-15,20,25H,13H2,1-3H3,(H,26,27)(H,28,29).